The number of aromatic nitrogens is 2. The predicted octanol–water partition coefficient (Wildman–Crippen LogP) is 3.72. The number of halogens is 1. The Kier molecular flexibility index (Phi) is 6.59. The Morgan fingerprint density at radius 3 is 2.55 bits per heavy atom. The van der Waals surface area contributed by atoms with E-state index >= 15 is 0 Å². The van der Waals surface area contributed by atoms with E-state index in [4.69, 9.17) is 5.73 Å². The lowest BCUT2D eigenvalue weighted by Crippen LogP contribution is -2.09. The maximum atomic E-state index is 5.95. The predicted molar refractivity (Wildman–Crippen MR) is 87.2 cm³/mol. The molecule has 0 fully saturated rings. The first-order chi connectivity index (χ1) is 9.16. The Morgan fingerprint density at radius 2 is 1.90 bits per heavy atom. The van der Waals surface area contributed by atoms with Crippen molar-refractivity contribution in [2.45, 2.75) is 39.7 Å². The average Bonchev–Trinajstić information content (AvgIpc) is 2.72. The van der Waals surface area contributed by atoms with E-state index in [-0.39, 0.29) is 12.4 Å². The summed E-state index contributed by atoms with van der Waals surface area (Å²) >= 11 is 0. The van der Waals surface area contributed by atoms with Crippen molar-refractivity contribution in [1.82, 2.24) is 9.55 Å². The Bertz CT molecular complexity index is 506. The molecule has 0 bridgehead atoms. The molecule has 0 aliphatic carbocycles. The zero-order valence-corrected chi connectivity index (χ0v) is 13.1. The fourth-order valence-electron chi connectivity index (χ4n) is 2.35. The van der Waals surface area contributed by atoms with Crippen LogP contribution in [-0.4, -0.2) is 9.55 Å². The van der Waals surface area contributed by atoms with Crippen LogP contribution in [0.5, 0.6) is 0 Å². The van der Waals surface area contributed by atoms with Gasteiger partial charge in [-0.05, 0) is 30.7 Å². The van der Waals surface area contributed by atoms with E-state index in [9.17, 15) is 0 Å². The van der Waals surface area contributed by atoms with Gasteiger partial charge >= 0.3 is 0 Å². The van der Waals surface area contributed by atoms with Crippen LogP contribution < -0.4 is 5.73 Å². The summed E-state index contributed by atoms with van der Waals surface area (Å²) < 4.78 is 2.16. The van der Waals surface area contributed by atoms with Crippen molar-refractivity contribution < 1.29 is 0 Å². The summed E-state index contributed by atoms with van der Waals surface area (Å²) in [4.78, 5) is 4.24. The first-order valence-electron chi connectivity index (χ1n) is 7.00. The molecule has 1 heterocycles. The molecule has 0 aliphatic heterocycles. The normalized spacial score (nSPS) is 10.6. The molecule has 1 aromatic carbocycles. The van der Waals surface area contributed by atoms with Gasteiger partial charge in [-0.15, -0.1) is 12.4 Å². The Hall–Kier alpha value is -1.48. The number of nitrogens with two attached hydrogens (primary N) is 1. The number of imidazole rings is 1. The highest BCUT2D eigenvalue weighted by molar-refractivity contribution is 5.85. The molecule has 0 saturated carbocycles. The Morgan fingerprint density at radius 1 is 1.20 bits per heavy atom. The smallest absolute Gasteiger partial charge is 0.200 e. The third-order valence-electron chi connectivity index (χ3n) is 3.28. The highest BCUT2D eigenvalue weighted by Crippen LogP contribution is 2.14. The number of nitrogen functional groups attached to an aromatic ring is 1. The third-order valence-corrected chi connectivity index (χ3v) is 3.28. The maximum Gasteiger partial charge on any atom is 0.200 e. The molecule has 110 valence electrons. The fourth-order valence-corrected chi connectivity index (χ4v) is 2.35. The molecule has 2 aromatic rings. The van der Waals surface area contributed by atoms with Crippen LogP contribution in [0.3, 0.4) is 0 Å². The van der Waals surface area contributed by atoms with Gasteiger partial charge in [0.25, 0.3) is 0 Å². The molecule has 2 N–H and O–H groups in total. The lowest BCUT2D eigenvalue weighted by Gasteiger charge is -2.11. The van der Waals surface area contributed by atoms with E-state index in [1.165, 1.54) is 11.3 Å². The monoisotopic (exact) mass is 293 g/mol. The van der Waals surface area contributed by atoms with Crippen LogP contribution in [0, 0.1) is 5.92 Å². The first kappa shape index (κ1) is 16.6. The molecule has 0 aliphatic rings. The Balaban J connectivity index is 0.00000200. The highest BCUT2D eigenvalue weighted by Gasteiger charge is 2.08. The highest BCUT2D eigenvalue weighted by atomic mass is 35.5. The molecule has 2 rings (SSSR count). The van der Waals surface area contributed by atoms with Gasteiger partial charge in [0.1, 0.15) is 0 Å². The second-order valence-corrected chi connectivity index (χ2v) is 5.45. The van der Waals surface area contributed by atoms with Crippen LogP contribution >= 0.6 is 12.4 Å². The maximum absolute atomic E-state index is 5.95. The van der Waals surface area contributed by atoms with Crippen molar-refractivity contribution in [3.63, 3.8) is 0 Å². The van der Waals surface area contributed by atoms with Crippen molar-refractivity contribution in [3.8, 4) is 0 Å². The van der Waals surface area contributed by atoms with Gasteiger partial charge in [0.05, 0.1) is 6.20 Å². The van der Waals surface area contributed by atoms with E-state index in [1.807, 2.05) is 6.20 Å². The summed E-state index contributed by atoms with van der Waals surface area (Å²) in [7, 11) is 0. The lowest BCUT2D eigenvalue weighted by molar-refractivity contribution is 0.573. The molecule has 0 amide bonds. The van der Waals surface area contributed by atoms with Gasteiger partial charge in [-0.1, -0.05) is 44.2 Å². The SMILES string of the molecule is CC(C)Cc1cnc(N)n1CCCc1ccccc1.Cl. The van der Waals surface area contributed by atoms with Gasteiger partial charge in [0.15, 0.2) is 5.95 Å². The minimum Gasteiger partial charge on any atom is -0.369 e. The molecular weight excluding hydrogens is 270 g/mol. The molecule has 0 unspecified atom stereocenters. The summed E-state index contributed by atoms with van der Waals surface area (Å²) in [6.45, 7) is 5.39. The van der Waals surface area contributed by atoms with E-state index in [1.54, 1.807) is 0 Å². The number of hydrogen-bond acceptors (Lipinski definition) is 2. The van der Waals surface area contributed by atoms with Gasteiger partial charge in [0, 0.05) is 12.2 Å². The summed E-state index contributed by atoms with van der Waals surface area (Å²) in [6.07, 6.45) is 5.13. The number of nitrogens with zero attached hydrogens (tertiary/aromatic N) is 2. The number of benzene rings is 1. The molecule has 20 heavy (non-hydrogen) atoms. The summed E-state index contributed by atoms with van der Waals surface area (Å²) in [6, 6.07) is 10.6. The quantitative estimate of drug-likeness (QED) is 0.882. The summed E-state index contributed by atoms with van der Waals surface area (Å²) in [5, 5.41) is 0. The standard InChI is InChI=1S/C16H23N3.ClH/c1-13(2)11-15-12-18-16(17)19(15)10-6-9-14-7-4-3-5-8-14;/h3-5,7-8,12-13H,6,9-11H2,1-2H3,(H2,17,18);1H. The molecule has 1 aromatic heterocycles. The zero-order chi connectivity index (χ0) is 13.7. The minimum atomic E-state index is 0. The average molecular weight is 294 g/mol. The first-order valence-corrected chi connectivity index (χ1v) is 7.00. The zero-order valence-electron chi connectivity index (χ0n) is 12.2. The van der Waals surface area contributed by atoms with E-state index in [0.29, 0.717) is 11.9 Å². The van der Waals surface area contributed by atoms with Crippen LogP contribution in [0.25, 0.3) is 0 Å². The van der Waals surface area contributed by atoms with Crippen LogP contribution in [0.4, 0.5) is 5.95 Å². The minimum absolute atomic E-state index is 0. The summed E-state index contributed by atoms with van der Waals surface area (Å²) in [5.41, 5.74) is 8.58. The fraction of sp³-hybridized carbons (Fsp3) is 0.438. The molecule has 0 radical (unpaired) electrons. The second-order valence-electron chi connectivity index (χ2n) is 5.45. The van der Waals surface area contributed by atoms with E-state index in [0.717, 1.165) is 25.8 Å². The van der Waals surface area contributed by atoms with Gasteiger partial charge in [-0.25, -0.2) is 4.98 Å². The van der Waals surface area contributed by atoms with Crippen LogP contribution in [0.2, 0.25) is 0 Å². The number of anilines is 1. The van der Waals surface area contributed by atoms with Crippen LogP contribution in [0.15, 0.2) is 36.5 Å². The molecule has 0 saturated heterocycles. The largest absolute Gasteiger partial charge is 0.369 e. The van der Waals surface area contributed by atoms with Gasteiger partial charge < -0.3 is 10.3 Å². The molecular formula is C16H24ClN3. The molecule has 0 spiro atoms. The third kappa shape index (κ3) is 4.57. The number of hydrogen-bond donors (Lipinski definition) is 1. The van der Waals surface area contributed by atoms with Crippen LogP contribution in [0.1, 0.15) is 31.5 Å². The molecule has 0 atom stereocenters. The topological polar surface area (TPSA) is 43.8 Å². The van der Waals surface area contributed by atoms with E-state index < -0.39 is 0 Å². The summed E-state index contributed by atoms with van der Waals surface area (Å²) in [5.74, 6) is 1.27. The van der Waals surface area contributed by atoms with Gasteiger partial charge in [0.2, 0.25) is 0 Å². The van der Waals surface area contributed by atoms with Gasteiger partial charge in [-0.3, -0.25) is 0 Å². The van der Waals surface area contributed by atoms with Gasteiger partial charge in [-0.2, -0.15) is 0 Å². The van der Waals surface area contributed by atoms with Crippen LogP contribution in [-0.2, 0) is 19.4 Å². The number of rotatable bonds is 6. The molecule has 4 heteroatoms. The van der Waals surface area contributed by atoms with Crippen molar-refractivity contribution in [1.29, 1.82) is 0 Å². The van der Waals surface area contributed by atoms with Crippen molar-refractivity contribution in [2.24, 2.45) is 5.92 Å². The number of aryl methyl sites for hydroxylation is 1. The van der Waals surface area contributed by atoms with Crippen molar-refractivity contribution in [3.05, 3.63) is 47.8 Å². The van der Waals surface area contributed by atoms with E-state index in [2.05, 4.69) is 53.7 Å². The van der Waals surface area contributed by atoms with Crippen molar-refractivity contribution >= 4 is 18.4 Å². The second kappa shape index (κ2) is 7.95. The van der Waals surface area contributed by atoms with Crippen molar-refractivity contribution in [2.75, 3.05) is 5.73 Å². The Labute approximate surface area is 127 Å². The lowest BCUT2D eigenvalue weighted by atomic mass is 10.1. The molecule has 3 nitrogen and oxygen atoms in total.